The Labute approximate surface area is 190 Å². The number of aliphatic hydroxyl groups excluding tert-OH is 1. The van der Waals surface area contributed by atoms with Gasteiger partial charge in [-0.3, -0.25) is 0 Å². The van der Waals surface area contributed by atoms with Gasteiger partial charge in [-0.05, 0) is 47.7 Å². The monoisotopic (exact) mass is 434 g/mol. The second-order valence-electron chi connectivity index (χ2n) is 9.66. The van der Waals surface area contributed by atoms with Gasteiger partial charge in [-0.1, -0.05) is 94.4 Å². The van der Waals surface area contributed by atoms with Gasteiger partial charge in [-0.2, -0.15) is 0 Å². The molecule has 0 heterocycles. The Kier molecular flexibility index (Phi) is 8.48. The second-order valence-corrected chi connectivity index (χ2v) is 13.9. The summed E-state index contributed by atoms with van der Waals surface area (Å²) in [5.41, 5.74) is 0.899. The summed E-state index contributed by atoms with van der Waals surface area (Å²) in [5, 5.41) is 13.0. The van der Waals surface area contributed by atoms with Crippen LogP contribution in [0.3, 0.4) is 0 Å². The Morgan fingerprint density at radius 3 is 1.81 bits per heavy atom. The Balaban J connectivity index is 2.50. The number of aliphatic hydroxyl groups is 1. The van der Waals surface area contributed by atoms with E-state index in [1.165, 1.54) is 10.4 Å². The summed E-state index contributed by atoms with van der Waals surface area (Å²) in [7, 11) is -2.61. The van der Waals surface area contributed by atoms with E-state index < -0.39 is 14.4 Å². The number of terminal acetylenes is 1. The third kappa shape index (κ3) is 5.57. The molecule has 0 bridgehead atoms. The average molecular weight is 435 g/mol. The molecule has 2 rings (SSSR count). The van der Waals surface area contributed by atoms with Crippen molar-refractivity contribution < 1.29 is 9.53 Å². The third-order valence-electron chi connectivity index (χ3n) is 6.25. The van der Waals surface area contributed by atoms with Gasteiger partial charge in [-0.15, -0.1) is 12.3 Å². The summed E-state index contributed by atoms with van der Waals surface area (Å²) in [5.74, 6) is 2.55. The van der Waals surface area contributed by atoms with E-state index in [1.807, 2.05) is 13.8 Å². The van der Waals surface area contributed by atoms with Gasteiger partial charge in [0.25, 0.3) is 8.32 Å². The van der Waals surface area contributed by atoms with Crippen LogP contribution in [-0.2, 0) is 4.43 Å². The van der Waals surface area contributed by atoms with E-state index in [9.17, 15) is 5.11 Å². The zero-order valence-electron chi connectivity index (χ0n) is 20.1. The van der Waals surface area contributed by atoms with Crippen molar-refractivity contribution in [3.63, 3.8) is 0 Å². The fraction of sp³-hybridized carbons (Fsp3) is 0.429. The van der Waals surface area contributed by atoms with E-state index in [-0.39, 0.29) is 23.0 Å². The Hall–Kier alpha value is -2.12. The number of rotatable bonds is 8. The molecule has 0 fully saturated rings. The standard InChI is InChI=1S/C28H38O2Si/c1-9-21(2)27(29)23(4)20-22(3)24(5)30-31(28(6,7)8,25-16-12-10-13-17-25)26-18-14-11-15-19-26/h1,10-22,24,27,29H,2-8H3/b23-20+/t21-,22-,24+,27-/m0/s1. The molecule has 0 saturated carbocycles. The van der Waals surface area contributed by atoms with Crippen LogP contribution in [0.2, 0.25) is 5.04 Å². The molecule has 0 amide bonds. The lowest BCUT2D eigenvalue weighted by Gasteiger charge is -2.45. The van der Waals surface area contributed by atoms with Gasteiger partial charge in [0.15, 0.2) is 0 Å². The van der Waals surface area contributed by atoms with Crippen LogP contribution in [0.15, 0.2) is 72.3 Å². The van der Waals surface area contributed by atoms with Crippen molar-refractivity contribution in [1.82, 2.24) is 0 Å². The normalized spacial score (nSPS) is 16.8. The quantitative estimate of drug-likeness (QED) is 0.353. The predicted octanol–water partition coefficient (Wildman–Crippen LogP) is 5.16. The molecule has 1 N–H and O–H groups in total. The van der Waals surface area contributed by atoms with Gasteiger partial charge < -0.3 is 9.53 Å². The first-order chi connectivity index (χ1) is 14.5. The lowest BCUT2D eigenvalue weighted by molar-refractivity contribution is 0.161. The molecule has 0 aliphatic heterocycles. The van der Waals surface area contributed by atoms with Gasteiger partial charge in [0, 0.05) is 12.0 Å². The molecule has 0 radical (unpaired) electrons. The Bertz CT molecular complexity index is 851. The van der Waals surface area contributed by atoms with Crippen LogP contribution in [0.5, 0.6) is 0 Å². The molecule has 0 unspecified atom stereocenters. The SMILES string of the molecule is C#C[C@H](C)[C@H](O)/C(C)=C/[C@H](C)[C@@H](C)O[Si](c1ccccc1)(c1ccccc1)C(C)(C)C. The molecule has 0 aromatic heterocycles. The third-order valence-corrected chi connectivity index (χ3v) is 11.4. The molecule has 3 heteroatoms. The molecule has 2 aromatic carbocycles. The molecule has 0 spiro atoms. The van der Waals surface area contributed by atoms with E-state index in [1.54, 1.807) is 0 Å². The van der Waals surface area contributed by atoms with Crippen molar-refractivity contribution in [1.29, 1.82) is 0 Å². The minimum atomic E-state index is -2.61. The highest BCUT2D eigenvalue weighted by Gasteiger charge is 2.51. The summed E-state index contributed by atoms with van der Waals surface area (Å²) in [6, 6.07) is 21.4. The summed E-state index contributed by atoms with van der Waals surface area (Å²) in [6.07, 6.45) is 6.95. The van der Waals surface area contributed by atoms with Gasteiger partial charge in [-0.25, -0.2) is 0 Å². The highest BCUT2D eigenvalue weighted by molar-refractivity contribution is 6.99. The highest BCUT2D eigenvalue weighted by atomic mass is 28.4. The summed E-state index contributed by atoms with van der Waals surface area (Å²) in [4.78, 5) is 0. The van der Waals surface area contributed by atoms with E-state index >= 15 is 0 Å². The Morgan fingerprint density at radius 2 is 1.42 bits per heavy atom. The molecule has 2 aromatic rings. The van der Waals surface area contributed by atoms with Gasteiger partial charge in [0.05, 0.1) is 6.10 Å². The van der Waals surface area contributed by atoms with Crippen LogP contribution < -0.4 is 10.4 Å². The van der Waals surface area contributed by atoms with Crippen molar-refractivity contribution in [2.45, 2.75) is 65.7 Å². The second kappa shape index (κ2) is 10.5. The van der Waals surface area contributed by atoms with Crippen LogP contribution in [0.4, 0.5) is 0 Å². The van der Waals surface area contributed by atoms with Crippen LogP contribution in [-0.4, -0.2) is 25.6 Å². The fourth-order valence-corrected chi connectivity index (χ4v) is 9.00. The zero-order chi connectivity index (χ0) is 23.2. The number of benzene rings is 2. The van der Waals surface area contributed by atoms with Crippen LogP contribution in [0, 0.1) is 24.2 Å². The molecule has 31 heavy (non-hydrogen) atoms. The van der Waals surface area contributed by atoms with Crippen molar-refractivity contribution in [2.24, 2.45) is 11.8 Å². The largest absolute Gasteiger partial charge is 0.404 e. The molecule has 2 nitrogen and oxygen atoms in total. The van der Waals surface area contributed by atoms with Crippen LogP contribution >= 0.6 is 0 Å². The van der Waals surface area contributed by atoms with Crippen molar-refractivity contribution in [3.8, 4) is 12.3 Å². The van der Waals surface area contributed by atoms with E-state index in [4.69, 9.17) is 10.8 Å². The first-order valence-corrected chi connectivity index (χ1v) is 13.1. The maximum Gasteiger partial charge on any atom is 0.261 e. The molecule has 4 atom stereocenters. The predicted molar refractivity (Wildman–Crippen MR) is 135 cm³/mol. The fourth-order valence-electron chi connectivity index (χ4n) is 4.21. The van der Waals surface area contributed by atoms with Crippen LogP contribution in [0.25, 0.3) is 0 Å². The first-order valence-electron chi connectivity index (χ1n) is 11.2. The topological polar surface area (TPSA) is 29.5 Å². The zero-order valence-corrected chi connectivity index (χ0v) is 21.1. The van der Waals surface area contributed by atoms with Gasteiger partial charge >= 0.3 is 0 Å². The molecular weight excluding hydrogens is 396 g/mol. The lowest BCUT2D eigenvalue weighted by atomic mass is 9.95. The minimum Gasteiger partial charge on any atom is -0.404 e. The molecule has 0 aliphatic carbocycles. The number of hydrogen-bond acceptors (Lipinski definition) is 2. The summed E-state index contributed by atoms with van der Waals surface area (Å²) >= 11 is 0. The van der Waals surface area contributed by atoms with E-state index in [0.29, 0.717) is 0 Å². The number of hydrogen-bond donors (Lipinski definition) is 1. The van der Waals surface area contributed by atoms with E-state index in [2.05, 4.69) is 107 Å². The van der Waals surface area contributed by atoms with Crippen LogP contribution in [0.1, 0.15) is 48.5 Å². The lowest BCUT2D eigenvalue weighted by Crippen LogP contribution is -2.67. The highest BCUT2D eigenvalue weighted by Crippen LogP contribution is 2.38. The first kappa shape index (κ1) is 25.1. The Morgan fingerprint density at radius 1 is 0.968 bits per heavy atom. The maximum absolute atomic E-state index is 10.5. The van der Waals surface area contributed by atoms with Crippen molar-refractivity contribution in [2.75, 3.05) is 0 Å². The van der Waals surface area contributed by atoms with Crippen molar-refractivity contribution in [3.05, 3.63) is 72.3 Å². The van der Waals surface area contributed by atoms with Gasteiger partial charge in [0.2, 0.25) is 0 Å². The molecule has 0 saturated heterocycles. The van der Waals surface area contributed by atoms with E-state index in [0.717, 1.165) is 5.57 Å². The molecular formula is C28H38O2Si. The average Bonchev–Trinajstić information content (AvgIpc) is 2.76. The van der Waals surface area contributed by atoms with Gasteiger partial charge in [0.1, 0.15) is 0 Å². The van der Waals surface area contributed by atoms with Crippen molar-refractivity contribution >= 4 is 18.7 Å². The smallest absolute Gasteiger partial charge is 0.261 e. The maximum atomic E-state index is 10.5. The summed E-state index contributed by atoms with van der Waals surface area (Å²) in [6.45, 7) is 15.0. The molecule has 166 valence electrons. The minimum absolute atomic E-state index is 0.0328. The summed E-state index contributed by atoms with van der Waals surface area (Å²) < 4.78 is 7.18. The molecule has 0 aliphatic rings.